The van der Waals surface area contributed by atoms with Crippen molar-refractivity contribution in [2.24, 2.45) is 7.05 Å². The number of aromatic carboxylic acids is 1. The lowest BCUT2D eigenvalue weighted by molar-refractivity contribution is 0.0698. The third-order valence-electron chi connectivity index (χ3n) is 3.30. The average molecular weight is 270 g/mol. The van der Waals surface area contributed by atoms with Crippen LogP contribution in [0.3, 0.4) is 0 Å². The van der Waals surface area contributed by atoms with E-state index in [1.54, 1.807) is 16.8 Å². The van der Waals surface area contributed by atoms with Gasteiger partial charge in [0.15, 0.2) is 0 Å². The van der Waals surface area contributed by atoms with E-state index in [0.29, 0.717) is 11.0 Å². The van der Waals surface area contributed by atoms with E-state index in [9.17, 15) is 9.90 Å². The minimum Gasteiger partial charge on any atom is -0.478 e. The van der Waals surface area contributed by atoms with Gasteiger partial charge in [-0.25, -0.2) is 9.78 Å². The van der Waals surface area contributed by atoms with Crippen LogP contribution in [0.4, 0.5) is 0 Å². The molecule has 0 atom stereocenters. The fourth-order valence-corrected chi connectivity index (χ4v) is 2.52. The van der Waals surface area contributed by atoms with Crippen LogP contribution >= 0.6 is 0 Å². The Balaban J connectivity index is 2.43. The quantitative estimate of drug-likeness (QED) is 0.773. The van der Waals surface area contributed by atoms with Crippen LogP contribution in [-0.2, 0) is 7.05 Å². The van der Waals surface area contributed by atoms with Crippen LogP contribution < -0.4 is 0 Å². The zero-order valence-electron chi connectivity index (χ0n) is 11.5. The van der Waals surface area contributed by atoms with Crippen molar-refractivity contribution in [1.82, 2.24) is 19.3 Å². The minimum absolute atomic E-state index is 0.242. The third kappa shape index (κ3) is 1.69. The van der Waals surface area contributed by atoms with E-state index in [2.05, 4.69) is 10.1 Å². The molecule has 0 saturated heterocycles. The van der Waals surface area contributed by atoms with Crippen LogP contribution in [0.1, 0.15) is 21.9 Å². The van der Waals surface area contributed by atoms with Crippen molar-refractivity contribution < 1.29 is 9.90 Å². The highest BCUT2D eigenvalue weighted by molar-refractivity contribution is 6.01. The molecule has 0 radical (unpaired) electrons. The van der Waals surface area contributed by atoms with E-state index in [-0.39, 0.29) is 5.56 Å². The molecule has 3 aromatic rings. The molecule has 20 heavy (non-hydrogen) atoms. The number of hydrogen-bond donors (Lipinski definition) is 1. The molecule has 0 aliphatic heterocycles. The molecule has 0 unspecified atom stereocenters. The Morgan fingerprint density at radius 1 is 1.30 bits per heavy atom. The zero-order chi connectivity index (χ0) is 14.4. The molecule has 3 rings (SSSR count). The van der Waals surface area contributed by atoms with Gasteiger partial charge in [0.05, 0.1) is 28.0 Å². The first-order valence-corrected chi connectivity index (χ1v) is 6.21. The third-order valence-corrected chi connectivity index (χ3v) is 3.30. The van der Waals surface area contributed by atoms with Crippen molar-refractivity contribution in [3.63, 3.8) is 0 Å². The summed E-state index contributed by atoms with van der Waals surface area (Å²) in [7, 11) is 1.84. The van der Waals surface area contributed by atoms with Gasteiger partial charge in [-0.15, -0.1) is 0 Å². The lowest BCUT2D eigenvalue weighted by atomic mass is 10.2. The molecule has 6 heteroatoms. The van der Waals surface area contributed by atoms with Crippen LogP contribution in [0.25, 0.3) is 16.7 Å². The fraction of sp³-hybridized carbons (Fsp3) is 0.214. The molecule has 0 amide bonds. The largest absolute Gasteiger partial charge is 0.478 e. The van der Waals surface area contributed by atoms with E-state index in [4.69, 9.17) is 0 Å². The van der Waals surface area contributed by atoms with Crippen molar-refractivity contribution in [1.29, 1.82) is 0 Å². The monoisotopic (exact) mass is 270 g/mol. The van der Waals surface area contributed by atoms with Crippen LogP contribution in [-0.4, -0.2) is 30.4 Å². The second-order valence-electron chi connectivity index (χ2n) is 4.75. The summed E-state index contributed by atoms with van der Waals surface area (Å²) < 4.78 is 3.56. The van der Waals surface area contributed by atoms with Crippen LogP contribution in [0.15, 0.2) is 24.4 Å². The fourth-order valence-electron chi connectivity index (χ4n) is 2.52. The molecule has 0 aliphatic rings. The first-order chi connectivity index (χ1) is 9.49. The average Bonchev–Trinajstić information content (AvgIpc) is 2.87. The Morgan fingerprint density at radius 2 is 2.05 bits per heavy atom. The van der Waals surface area contributed by atoms with Gasteiger partial charge in [-0.1, -0.05) is 6.07 Å². The summed E-state index contributed by atoms with van der Waals surface area (Å²) in [5, 5.41) is 13.7. The standard InChI is InChI=1S/C14H14N4O2/c1-8-12(7-17(3)16-8)18-9(2)15-11-6-4-5-10(13(11)18)14(19)20/h4-7H,1-3H3,(H,19,20). The molecule has 2 heterocycles. The summed E-state index contributed by atoms with van der Waals surface area (Å²) >= 11 is 0. The van der Waals surface area contributed by atoms with Crippen molar-refractivity contribution in [3.8, 4) is 5.69 Å². The van der Waals surface area contributed by atoms with E-state index in [1.807, 2.05) is 37.7 Å². The Labute approximate surface area is 115 Å². The second-order valence-corrected chi connectivity index (χ2v) is 4.75. The van der Waals surface area contributed by atoms with Crippen molar-refractivity contribution in [3.05, 3.63) is 41.5 Å². The van der Waals surface area contributed by atoms with E-state index >= 15 is 0 Å². The molecule has 0 aliphatic carbocycles. The summed E-state index contributed by atoms with van der Waals surface area (Å²) in [6.07, 6.45) is 1.86. The highest BCUT2D eigenvalue weighted by Gasteiger charge is 2.18. The van der Waals surface area contributed by atoms with Crippen LogP contribution in [0.5, 0.6) is 0 Å². The van der Waals surface area contributed by atoms with E-state index in [0.717, 1.165) is 17.2 Å². The van der Waals surface area contributed by atoms with Crippen LogP contribution in [0, 0.1) is 13.8 Å². The van der Waals surface area contributed by atoms with Gasteiger partial charge in [0.2, 0.25) is 0 Å². The molecule has 102 valence electrons. The van der Waals surface area contributed by atoms with Gasteiger partial charge < -0.3 is 5.11 Å². The van der Waals surface area contributed by atoms with Crippen LogP contribution in [0.2, 0.25) is 0 Å². The number of benzene rings is 1. The SMILES string of the molecule is Cc1nn(C)cc1-n1c(C)nc2cccc(C(=O)O)c21. The van der Waals surface area contributed by atoms with Gasteiger partial charge in [-0.05, 0) is 26.0 Å². The highest BCUT2D eigenvalue weighted by Crippen LogP contribution is 2.25. The number of carboxylic acid groups (broad SMARTS) is 1. The molecule has 0 saturated carbocycles. The number of rotatable bonds is 2. The molecular weight excluding hydrogens is 256 g/mol. The summed E-state index contributed by atoms with van der Waals surface area (Å²) in [6.45, 7) is 3.75. The maximum Gasteiger partial charge on any atom is 0.337 e. The maximum absolute atomic E-state index is 11.4. The van der Waals surface area contributed by atoms with E-state index < -0.39 is 5.97 Å². The lowest BCUT2D eigenvalue weighted by Gasteiger charge is -2.06. The zero-order valence-corrected chi connectivity index (χ0v) is 11.5. The van der Waals surface area contributed by atoms with E-state index in [1.165, 1.54) is 0 Å². The molecule has 0 bridgehead atoms. The van der Waals surface area contributed by atoms with Gasteiger partial charge in [0.1, 0.15) is 5.82 Å². The number of hydrogen-bond acceptors (Lipinski definition) is 3. The normalized spacial score (nSPS) is 11.2. The molecule has 1 N–H and O–H groups in total. The molecule has 2 aromatic heterocycles. The lowest BCUT2D eigenvalue weighted by Crippen LogP contribution is -2.03. The summed E-state index contributed by atoms with van der Waals surface area (Å²) in [6, 6.07) is 5.11. The topological polar surface area (TPSA) is 72.9 Å². The number of carbonyl (C=O) groups is 1. The van der Waals surface area contributed by atoms with Gasteiger partial charge >= 0.3 is 5.97 Å². The van der Waals surface area contributed by atoms with Crippen molar-refractivity contribution >= 4 is 17.0 Å². The second kappa shape index (κ2) is 4.19. The Hall–Kier alpha value is -2.63. The minimum atomic E-state index is -0.960. The molecule has 1 aromatic carbocycles. The summed E-state index contributed by atoms with van der Waals surface area (Å²) in [5.74, 6) is -0.219. The Morgan fingerprint density at radius 3 is 2.65 bits per heavy atom. The number of para-hydroxylation sites is 1. The predicted molar refractivity (Wildman–Crippen MR) is 74.3 cm³/mol. The Bertz CT molecular complexity index is 829. The number of fused-ring (bicyclic) bond motifs is 1. The maximum atomic E-state index is 11.4. The molecule has 6 nitrogen and oxygen atoms in total. The van der Waals surface area contributed by atoms with Gasteiger partial charge in [-0.2, -0.15) is 5.10 Å². The highest BCUT2D eigenvalue weighted by atomic mass is 16.4. The van der Waals surface area contributed by atoms with Crippen molar-refractivity contribution in [2.75, 3.05) is 0 Å². The number of imidazole rings is 1. The number of nitrogens with zero attached hydrogens (tertiary/aromatic N) is 4. The first-order valence-electron chi connectivity index (χ1n) is 6.21. The molecule has 0 spiro atoms. The number of carboxylic acids is 1. The number of aryl methyl sites for hydroxylation is 3. The smallest absolute Gasteiger partial charge is 0.337 e. The van der Waals surface area contributed by atoms with Gasteiger partial charge in [0, 0.05) is 13.2 Å². The first kappa shape index (κ1) is 12.4. The predicted octanol–water partition coefficient (Wildman–Crippen LogP) is 2.07. The summed E-state index contributed by atoms with van der Waals surface area (Å²) in [4.78, 5) is 15.9. The molecular formula is C14H14N4O2. The van der Waals surface area contributed by atoms with Crippen molar-refractivity contribution in [2.45, 2.75) is 13.8 Å². The molecule has 0 fully saturated rings. The Kier molecular flexibility index (Phi) is 2.60. The van der Waals surface area contributed by atoms with Gasteiger partial charge in [0.25, 0.3) is 0 Å². The number of aromatic nitrogens is 4. The summed E-state index contributed by atoms with van der Waals surface area (Å²) in [5.41, 5.74) is 3.20. The van der Waals surface area contributed by atoms with Gasteiger partial charge in [-0.3, -0.25) is 9.25 Å².